The Labute approximate surface area is 179 Å². The van der Waals surface area contributed by atoms with Gasteiger partial charge in [0.2, 0.25) is 5.91 Å². The van der Waals surface area contributed by atoms with Gasteiger partial charge in [0.05, 0.1) is 29.6 Å². The summed E-state index contributed by atoms with van der Waals surface area (Å²) in [5, 5.41) is 6.34. The van der Waals surface area contributed by atoms with Crippen LogP contribution in [0.15, 0.2) is 73.1 Å². The van der Waals surface area contributed by atoms with Crippen LogP contribution in [-0.2, 0) is 4.79 Å². The van der Waals surface area contributed by atoms with Gasteiger partial charge in [-0.15, -0.1) is 0 Å². The topological polar surface area (TPSA) is 93.2 Å². The number of amides is 2. The number of rotatable bonds is 5. The summed E-state index contributed by atoms with van der Waals surface area (Å²) in [7, 11) is 1.52. The van der Waals surface area contributed by atoms with Crippen molar-refractivity contribution in [2.24, 2.45) is 0 Å². The minimum absolute atomic E-state index is 0.205. The second-order valence-corrected chi connectivity index (χ2v) is 6.86. The molecule has 4 aromatic rings. The number of hydrogen-bond donors (Lipinski definition) is 2. The van der Waals surface area contributed by atoms with E-state index in [0.717, 1.165) is 10.9 Å². The average molecular weight is 412 g/mol. The highest BCUT2D eigenvalue weighted by Gasteiger charge is 2.16. The Kier molecular flexibility index (Phi) is 5.57. The van der Waals surface area contributed by atoms with Crippen LogP contribution >= 0.6 is 0 Å². The first-order chi connectivity index (χ1) is 15.0. The first-order valence-electron chi connectivity index (χ1n) is 9.62. The zero-order valence-corrected chi connectivity index (χ0v) is 17.0. The highest BCUT2D eigenvalue weighted by atomic mass is 16.5. The molecule has 0 atom stereocenters. The van der Waals surface area contributed by atoms with Gasteiger partial charge in [-0.2, -0.15) is 0 Å². The SMILES string of the molecule is COc1ccc(NC(C)=O)cc1NC(=O)c1cc(-c2cccnc2)nc2ccccc12. The van der Waals surface area contributed by atoms with Gasteiger partial charge in [-0.25, -0.2) is 4.98 Å². The number of benzene rings is 2. The maximum absolute atomic E-state index is 13.3. The van der Waals surface area contributed by atoms with E-state index >= 15 is 0 Å². The van der Waals surface area contributed by atoms with Crippen LogP contribution in [0.3, 0.4) is 0 Å². The van der Waals surface area contributed by atoms with Crippen LogP contribution in [-0.4, -0.2) is 28.9 Å². The summed E-state index contributed by atoms with van der Waals surface area (Å²) < 4.78 is 5.37. The van der Waals surface area contributed by atoms with Gasteiger partial charge in [-0.1, -0.05) is 18.2 Å². The number of carbonyl (C=O) groups is 2. The molecule has 0 aliphatic heterocycles. The van der Waals surface area contributed by atoms with Crippen LogP contribution in [0.25, 0.3) is 22.2 Å². The van der Waals surface area contributed by atoms with Crippen molar-refractivity contribution in [3.63, 3.8) is 0 Å². The van der Waals surface area contributed by atoms with E-state index in [1.54, 1.807) is 36.7 Å². The van der Waals surface area contributed by atoms with Gasteiger partial charge >= 0.3 is 0 Å². The van der Waals surface area contributed by atoms with Crippen molar-refractivity contribution in [1.29, 1.82) is 0 Å². The molecular formula is C24H20N4O3. The molecule has 0 saturated carbocycles. The van der Waals surface area contributed by atoms with Gasteiger partial charge in [0.1, 0.15) is 5.75 Å². The lowest BCUT2D eigenvalue weighted by Gasteiger charge is -2.14. The van der Waals surface area contributed by atoms with Crippen molar-refractivity contribution >= 4 is 34.1 Å². The van der Waals surface area contributed by atoms with Crippen molar-refractivity contribution < 1.29 is 14.3 Å². The predicted octanol–water partition coefficient (Wildman–Crippen LogP) is 4.52. The molecule has 2 heterocycles. The maximum atomic E-state index is 13.3. The Hall–Kier alpha value is -4.26. The van der Waals surface area contributed by atoms with Gasteiger partial charge in [0.25, 0.3) is 5.91 Å². The van der Waals surface area contributed by atoms with E-state index in [2.05, 4.69) is 20.6 Å². The molecule has 31 heavy (non-hydrogen) atoms. The summed E-state index contributed by atoms with van der Waals surface area (Å²) in [4.78, 5) is 33.5. The Morgan fingerprint density at radius 1 is 0.968 bits per heavy atom. The van der Waals surface area contributed by atoms with Crippen LogP contribution in [0.2, 0.25) is 0 Å². The van der Waals surface area contributed by atoms with E-state index in [4.69, 9.17) is 4.74 Å². The largest absolute Gasteiger partial charge is 0.495 e. The van der Waals surface area contributed by atoms with Crippen LogP contribution < -0.4 is 15.4 Å². The molecule has 0 spiro atoms. The van der Waals surface area contributed by atoms with E-state index < -0.39 is 0 Å². The van der Waals surface area contributed by atoms with E-state index in [9.17, 15) is 9.59 Å². The highest BCUT2D eigenvalue weighted by molar-refractivity contribution is 6.13. The summed E-state index contributed by atoms with van der Waals surface area (Å²) in [6.07, 6.45) is 3.39. The number of aromatic nitrogens is 2. The quantitative estimate of drug-likeness (QED) is 0.503. The average Bonchev–Trinajstić information content (AvgIpc) is 2.78. The fraction of sp³-hybridized carbons (Fsp3) is 0.0833. The molecule has 154 valence electrons. The first kappa shape index (κ1) is 20.0. The number of para-hydroxylation sites is 1. The number of ether oxygens (including phenoxy) is 1. The molecule has 0 unspecified atom stereocenters. The van der Waals surface area contributed by atoms with E-state index in [0.29, 0.717) is 33.9 Å². The van der Waals surface area contributed by atoms with Gasteiger partial charge in [-0.05, 0) is 42.5 Å². The Morgan fingerprint density at radius 2 is 1.81 bits per heavy atom. The standard InChI is InChI=1S/C24H20N4O3/c1-15(29)26-17-9-10-23(31-2)22(12-17)28-24(30)19-13-21(16-6-5-11-25-14-16)27-20-8-4-3-7-18(19)20/h3-14H,1-2H3,(H,26,29)(H,28,30). The number of hydrogen-bond acceptors (Lipinski definition) is 5. The minimum atomic E-state index is -0.318. The zero-order chi connectivity index (χ0) is 21.8. The maximum Gasteiger partial charge on any atom is 0.256 e. The van der Waals surface area contributed by atoms with Crippen LogP contribution in [0.1, 0.15) is 17.3 Å². The number of pyridine rings is 2. The lowest BCUT2D eigenvalue weighted by molar-refractivity contribution is -0.114. The zero-order valence-electron chi connectivity index (χ0n) is 17.0. The molecule has 2 aromatic carbocycles. The van der Waals surface area contributed by atoms with E-state index in [1.807, 2.05) is 36.4 Å². The molecule has 0 fully saturated rings. The first-order valence-corrected chi connectivity index (χ1v) is 9.62. The molecule has 0 bridgehead atoms. The van der Waals surface area contributed by atoms with E-state index in [-0.39, 0.29) is 11.8 Å². The van der Waals surface area contributed by atoms with Crippen molar-refractivity contribution in [3.05, 3.63) is 78.6 Å². The van der Waals surface area contributed by atoms with Crippen molar-refractivity contribution in [3.8, 4) is 17.0 Å². The Bertz CT molecular complexity index is 1270. The third kappa shape index (κ3) is 4.35. The lowest BCUT2D eigenvalue weighted by atomic mass is 10.0. The number of methoxy groups -OCH3 is 1. The summed E-state index contributed by atoms with van der Waals surface area (Å²) in [5.74, 6) is -0.0426. The normalized spacial score (nSPS) is 10.5. The molecule has 2 N–H and O–H groups in total. The summed E-state index contributed by atoms with van der Waals surface area (Å²) >= 11 is 0. The summed E-state index contributed by atoms with van der Waals surface area (Å²) in [6, 6.07) is 18.0. The third-order valence-electron chi connectivity index (χ3n) is 4.69. The summed E-state index contributed by atoms with van der Waals surface area (Å²) in [5.41, 5.74) is 3.63. The molecule has 0 aliphatic carbocycles. The molecule has 0 saturated heterocycles. The van der Waals surface area contributed by atoms with Crippen LogP contribution in [0.5, 0.6) is 5.75 Å². The van der Waals surface area contributed by atoms with Crippen molar-refractivity contribution in [2.75, 3.05) is 17.7 Å². The molecule has 0 aliphatic rings. The molecule has 0 radical (unpaired) electrons. The molecular weight excluding hydrogens is 392 g/mol. The van der Waals surface area contributed by atoms with Crippen LogP contribution in [0.4, 0.5) is 11.4 Å². The van der Waals surface area contributed by atoms with Gasteiger partial charge < -0.3 is 15.4 Å². The number of nitrogens with one attached hydrogen (secondary N) is 2. The Balaban J connectivity index is 1.77. The number of fused-ring (bicyclic) bond motifs is 1. The Morgan fingerprint density at radius 3 is 2.55 bits per heavy atom. The van der Waals surface area contributed by atoms with Crippen molar-refractivity contribution in [1.82, 2.24) is 9.97 Å². The predicted molar refractivity (Wildman–Crippen MR) is 120 cm³/mol. The molecule has 7 nitrogen and oxygen atoms in total. The van der Waals surface area contributed by atoms with E-state index in [1.165, 1.54) is 14.0 Å². The summed E-state index contributed by atoms with van der Waals surface area (Å²) in [6.45, 7) is 1.42. The molecule has 7 heteroatoms. The fourth-order valence-electron chi connectivity index (χ4n) is 3.30. The third-order valence-corrected chi connectivity index (χ3v) is 4.69. The number of nitrogens with zero attached hydrogens (tertiary/aromatic N) is 2. The number of carbonyl (C=O) groups excluding carboxylic acids is 2. The molecule has 2 aromatic heterocycles. The van der Waals surface area contributed by atoms with Crippen LogP contribution in [0, 0.1) is 0 Å². The molecule has 4 rings (SSSR count). The van der Waals surface area contributed by atoms with Gasteiger partial charge in [0.15, 0.2) is 0 Å². The van der Waals surface area contributed by atoms with Gasteiger partial charge in [-0.3, -0.25) is 14.6 Å². The fourth-order valence-corrected chi connectivity index (χ4v) is 3.30. The smallest absolute Gasteiger partial charge is 0.256 e. The molecule has 2 amide bonds. The monoisotopic (exact) mass is 412 g/mol. The lowest BCUT2D eigenvalue weighted by Crippen LogP contribution is -2.14. The second-order valence-electron chi connectivity index (χ2n) is 6.86. The second kappa shape index (κ2) is 8.62. The highest BCUT2D eigenvalue weighted by Crippen LogP contribution is 2.30. The minimum Gasteiger partial charge on any atom is -0.495 e. The van der Waals surface area contributed by atoms with Crippen molar-refractivity contribution in [2.45, 2.75) is 6.92 Å². The van der Waals surface area contributed by atoms with Gasteiger partial charge in [0, 0.05) is 36.0 Å². The number of anilines is 2.